The highest BCUT2D eigenvalue weighted by Crippen LogP contribution is 2.38. The zero-order chi connectivity index (χ0) is 28.9. The van der Waals surface area contributed by atoms with Crippen LogP contribution in [-0.2, 0) is 14.1 Å². The average Bonchev–Trinajstić information content (AvgIpc) is 3.08. The second-order valence-electron chi connectivity index (χ2n) is 11.0. The SMILES string of the molecule is Cn1[pH]n(C)c2ccccc2c2cc(-c3ccccc3)c3ccc4c(-c5ccccc5)cc(nc4c3n2)c2ccccc21. The van der Waals surface area contributed by atoms with Crippen LogP contribution in [0.2, 0.25) is 0 Å². The molecule has 5 heteroatoms. The Hall–Kier alpha value is -5.18. The van der Waals surface area contributed by atoms with E-state index in [4.69, 9.17) is 9.97 Å². The summed E-state index contributed by atoms with van der Waals surface area (Å²) in [6, 6.07) is 47.4. The van der Waals surface area contributed by atoms with Gasteiger partial charge in [-0.25, -0.2) is 9.97 Å². The van der Waals surface area contributed by atoms with E-state index in [0.717, 1.165) is 76.9 Å². The van der Waals surface area contributed by atoms with E-state index in [1.165, 1.54) is 0 Å². The quantitative estimate of drug-likeness (QED) is 0.193. The van der Waals surface area contributed by atoms with E-state index in [1.54, 1.807) is 0 Å². The molecular formula is C38H29N4P. The van der Waals surface area contributed by atoms with Crippen molar-refractivity contribution in [3.63, 3.8) is 0 Å². The molecule has 4 bridgehead atoms. The van der Waals surface area contributed by atoms with Crippen molar-refractivity contribution >= 4 is 63.2 Å². The Morgan fingerprint density at radius 1 is 0.442 bits per heavy atom. The molecule has 8 rings (SSSR count). The van der Waals surface area contributed by atoms with E-state index in [1.807, 2.05) is 0 Å². The zero-order valence-electron chi connectivity index (χ0n) is 24.0. The molecule has 3 heterocycles. The van der Waals surface area contributed by atoms with Crippen LogP contribution in [0.3, 0.4) is 0 Å². The Morgan fingerprint density at radius 2 is 0.837 bits per heavy atom. The van der Waals surface area contributed by atoms with E-state index < -0.39 is 0 Å². The number of pyridine rings is 2. The van der Waals surface area contributed by atoms with Crippen molar-refractivity contribution in [1.82, 2.24) is 18.6 Å². The lowest BCUT2D eigenvalue weighted by atomic mass is 9.95. The first-order valence-corrected chi connectivity index (χ1v) is 15.4. The molecule has 0 spiro atoms. The molecule has 43 heavy (non-hydrogen) atoms. The molecule has 0 saturated carbocycles. The van der Waals surface area contributed by atoms with Gasteiger partial charge in [-0.3, -0.25) is 0 Å². The highest BCUT2D eigenvalue weighted by atomic mass is 31.1. The molecule has 0 amide bonds. The molecule has 5 aromatic carbocycles. The van der Waals surface area contributed by atoms with E-state index in [2.05, 4.69) is 156 Å². The third-order valence-corrected chi connectivity index (χ3v) is 9.39. The topological polar surface area (TPSA) is 35.6 Å². The minimum absolute atomic E-state index is 0.377. The number of para-hydroxylation sites is 2. The van der Waals surface area contributed by atoms with Gasteiger partial charge in [0, 0.05) is 44.2 Å². The first-order chi connectivity index (χ1) is 21.2. The molecule has 0 aliphatic heterocycles. The predicted molar refractivity (Wildman–Crippen MR) is 184 cm³/mol. The Labute approximate surface area is 251 Å². The number of fused-ring (bicyclic) bond motifs is 6. The zero-order valence-corrected chi connectivity index (χ0v) is 25.0. The summed E-state index contributed by atoms with van der Waals surface area (Å²) in [6.45, 7) is 0. The van der Waals surface area contributed by atoms with Gasteiger partial charge in [0.2, 0.25) is 0 Å². The minimum atomic E-state index is 0.377. The number of hydrogen-bond donors (Lipinski definition) is 0. The number of benzene rings is 5. The van der Waals surface area contributed by atoms with E-state index >= 15 is 0 Å². The van der Waals surface area contributed by atoms with Crippen molar-refractivity contribution in [1.29, 1.82) is 0 Å². The summed E-state index contributed by atoms with van der Waals surface area (Å²) in [5.74, 6) is 0. The number of aryl methyl sites for hydroxylation is 2. The lowest BCUT2D eigenvalue weighted by Gasteiger charge is -2.13. The summed E-state index contributed by atoms with van der Waals surface area (Å²) in [6.07, 6.45) is 0. The predicted octanol–water partition coefficient (Wildman–Crippen LogP) is 9.97. The van der Waals surface area contributed by atoms with Crippen LogP contribution in [0, 0.1) is 0 Å². The molecule has 0 unspecified atom stereocenters. The fourth-order valence-corrected chi connectivity index (χ4v) is 7.32. The third-order valence-electron chi connectivity index (χ3n) is 8.31. The Kier molecular flexibility index (Phi) is 6.10. The second kappa shape index (κ2) is 10.3. The van der Waals surface area contributed by atoms with Crippen LogP contribution in [0.5, 0.6) is 0 Å². The van der Waals surface area contributed by atoms with Crippen LogP contribution in [0.25, 0.3) is 76.9 Å². The Balaban J connectivity index is 1.71. The van der Waals surface area contributed by atoms with Gasteiger partial charge in [-0.1, -0.05) is 109 Å². The van der Waals surface area contributed by atoms with Gasteiger partial charge < -0.3 is 8.66 Å². The van der Waals surface area contributed by atoms with E-state index in [9.17, 15) is 0 Å². The van der Waals surface area contributed by atoms with E-state index in [-0.39, 0.29) is 0 Å². The highest BCUT2D eigenvalue weighted by molar-refractivity contribution is 7.22. The van der Waals surface area contributed by atoms with Crippen LogP contribution >= 0.6 is 8.51 Å². The van der Waals surface area contributed by atoms with Crippen molar-refractivity contribution in [3.8, 4) is 22.3 Å². The summed E-state index contributed by atoms with van der Waals surface area (Å²) in [5.41, 5.74) is 10.6. The first kappa shape index (κ1) is 25.5. The molecule has 0 saturated heterocycles. The minimum Gasteiger partial charge on any atom is -0.324 e. The smallest absolute Gasteiger partial charge is 0.0978 e. The van der Waals surface area contributed by atoms with Crippen molar-refractivity contribution in [2.75, 3.05) is 0 Å². The van der Waals surface area contributed by atoms with Crippen LogP contribution < -0.4 is 0 Å². The maximum atomic E-state index is 5.44. The molecule has 0 fully saturated rings. The van der Waals surface area contributed by atoms with Crippen LogP contribution in [-0.4, -0.2) is 18.6 Å². The van der Waals surface area contributed by atoms with Gasteiger partial charge in [0.1, 0.15) is 0 Å². The van der Waals surface area contributed by atoms with Crippen LogP contribution in [0.4, 0.5) is 0 Å². The number of nitrogens with zero attached hydrogens (tertiary/aromatic N) is 4. The lowest BCUT2D eigenvalue weighted by Crippen LogP contribution is -1.93. The maximum Gasteiger partial charge on any atom is 0.0978 e. The van der Waals surface area contributed by atoms with Gasteiger partial charge in [-0.05, 0) is 46.5 Å². The van der Waals surface area contributed by atoms with Gasteiger partial charge in [0.15, 0.2) is 0 Å². The average molecular weight is 573 g/mol. The summed E-state index contributed by atoms with van der Waals surface area (Å²) < 4.78 is 4.66. The molecule has 3 aromatic heterocycles. The second-order valence-corrected chi connectivity index (χ2v) is 12.5. The maximum absolute atomic E-state index is 5.44. The van der Waals surface area contributed by atoms with Crippen molar-refractivity contribution in [2.24, 2.45) is 14.1 Å². The fraction of sp³-hybridized carbons (Fsp3) is 0.0526. The summed E-state index contributed by atoms with van der Waals surface area (Å²) in [4.78, 5) is 10.9. The summed E-state index contributed by atoms with van der Waals surface area (Å²) >= 11 is 0. The molecule has 0 aliphatic carbocycles. The molecule has 0 radical (unpaired) electrons. The van der Waals surface area contributed by atoms with Crippen LogP contribution in [0.1, 0.15) is 0 Å². The van der Waals surface area contributed by atoms with Gasteiger partial charge in [0.25, 0.3) is 0 Å². The highest BCUT2D eigenvalue weighted by Gasteiger charge is 2.15. The Morgan fingerprint density at radius 3 is 1.28 bits per heavy atom. The van der Waals surface area contributed by atoms with Gasteiger partial charge >= 0.3 is 0 Å². The van der Waals surface area contributed by atoms with Gasteiger partial charge in [0.05, 0.1) is 33.1 Å². The molecule has 0 aliphatic rings. The Bertz CT molecular complexity index is 2240. The van der Waals surface area contributed by atoms with E-state index in [0.29, 0.717) is 8.51 Å². The van der Waals surface area contributed by atoms with Crippen molar-refractivity contribution < 1.29 is 0 Å². The van der Waals surface area contributed by atoms with Crippen LogP contribution in [0.15, 0.2) is 133 Å². The molecule has 4 nitrogen and oxygen atoms in total. The fourth-order valence-electron chi connectivity index (χ4n) is 6.26. The molecule has 206 valence electrons. The summed E-state index contributed by atoms with van der Waals surface area (Å²) in [5, 5.41) is 4.40. The lowest BCUT2D eigenvalue weighted by molar-refractivity contribution is 1.02. The largest absolute Gasteiger partial charge is 0.324 e. The monoisotopic (exact) mass is 572 g/mol. The molecular weight excluding hydrogens is 543 g/mol. The third kappa shape index (κ3) is 4.31. The normalized spacial score (nSPS) is 11.5. The molecule has 0 N–H and O–H groups in total. The number of aromatic nitrogens is 4. The standard InChI is InChI=1S/C38H29N4P/c1-41-35-19-11-9-17-29(35)33-23-31(25-13-5-3-6-14-25)27-21-22-28-32(26-15-7-4-8-16-26)24-34(40-38(28)37(27)39-33)30-18-10-12-20-36(30)42(2)43-41/h3-24,43H,1-2H3. The molecule has 0 atom stereocenters. The van der Waals surface area contributed by atoms with Gasteiger partial charge in [-0.15, -0.1) is 0 Å². The van der Waals surface area contributed by atoms with Gasteiger partial charge in [-0.2, -0.15) is 0 Å². The first-order valence-electron chi connectivity index (χ1n) is 14.5. The van der Waals surface area contributed by atoms with Crippen molar-refractivity contribution in [3.05, 3.63) is 133 Å². The number of rotatable bonds is 2. The summed E-state index contributed by atoms with van der Waals surface area (Å²) in [7, 11) is 4.71. The van der Waals surface area contributed by atoms with Crippen molar-refractivity contribution in [2.45, 2.75) is 0 Å². The molecule has 8 aromatic rings. The number of hydrogen-bond acceptors (Lipinski definition) is 2.